The van der Waals surface area contributed by atoms with Crippen LogP contribution in [0, 0.1) is 0 Å². The number of rotatable bonds is 6. The largest absolute Gasteiger partial charge is 0.379 e. The van der Waals surface area contributed by atoms with Crippen molar-refractivity contribution in [2.75, 3.05) is 39.4 Å². The lowest BCUT2D eigenvalue weighted by molar-refractivity contribution is -0.132. The molecule has 0 bridgehead atoms. The molecule has 3 heterocycles. The lowest BCUT2D eigenvalue weighted by atomic mass is 10.0. The molecule has 4 rings (SSSR count). The second-order valence-corrected chi connectivity index (χ2v) is 9.72. The number of amides is 1. The maximum atomic E-state index is 12.7. The predicted molar refractivity (Wildman–Crippen MR) is 111 cm³/mol. The van der Waals surface area contributed by atoms with Crippen LogP contribution in [0.15, 0.2) is 47.9 Å². The van der Waals surface area contributed by atoms with Gasteiger partial charge in [-0.15, -0.1) is 0 Å². The molecule has 9 heteroatoms. The minimum Gasteiger partial charge on any atom is -0.379 e. The van der Waals surface area contributed by atoms with E-state index in [-0.39, 0.29) is 5.91 Å². The van der Waals surface area contributed by atoms with E-state index in [9.17, 15) is 13.2 Å². The molecule has 0 atom stereocenters. The van der Waals surface area contributed by atoms with E-state index in [0.29, 0.717) is 50.1 Å². The number of imidazole rings is 1. The van der Waals surface area contributed by atoms with E-state index in [1.165, 1.54) is 4.31 Å². The molecule has 1 aromatic heterocycles. The highest BCUT2D eigenvalue weighted by Gasteiger charge is 2.26. The van der Waals surface area contributed by atoms with E-state index in [0.717, 1.165) is 31.5 Å². The van der Waals surface area contributed by atoms with Gasteiger partial charge in [-0.25, -0.2) is 13.4 Å². The molecule has 1 aromatic carbocycles. The van der Waals surface area contributed by atoms with E-state index in [1.807, 2.05) is 29.6 Å². The Labute approximate surface area is 177 Å². The summed E-state index contributed by atoms with van der Waals surface area (Å²) in [5.74, 6) is 0.157. The summed E-state index contributed by atoms with van der Waals surface area (Å²) in [6, 6.07) is 7.32. The first kappa shape index (κ1) is 21.0. The van der Waals surface area contributed by atoms with E-state index >= 15 is 0 Å². The molecule has 8 nitrogen and oxygen atoms in total. The lowest BCUT2D eigenvalue weighted by Gasteiger charge is -2.32. The third kappa shape index (κ3) is 4.74. The topological polar surface area (TPSA) is 84.7 Å². The number of hydrogen-bond donors (Lipinski definition) is 0. The van der Waals surface area contributed by atoms with Gasteiger partial charge in [0.15, 0.2) is 0 Å². The zero-order valence-corrected chi connectivity index (χ0v) is 17.8. The molecule has 2 aliphatic heterocycles. The molecule has 2 aliphatic rings. The first-order valence-electron chi connectivity index (χ1n) is 10.5. The Balaban J connectivity index is 1.27. The van der Waals surface area contributed by atoms with Crippen molar-refractivity contribution in [1.29, 1.82) is 0 Å². The summed E-state index contributed by atoms with van der Waals surface area (Å²) < 4.78 is 34.2. The number of morpholine rings is 1. The monoisotopic (exact) mass is 432 g/mol. The van der Waals surface area contributed by atoms with Crippen molar-refractivity contribution in [3.8, 4) is 0 Å². The first-order chi connectivity index (χ1) is 14.5. The standard InChI is InChI=1S/C21H28N4O4S/c26-21(23-10-7-19(8-11-23)24-12-9-22-17-24)6-3-18-1-4-20(5-2-18)30(27,28)25-13-15-29-16-14-25/h1-2,4-5,9,12,17,19H,3,6-8,10-11,13-16H2. The van der Waals surface area contributed by atoms with Gasteiger partial charge in [0.2, 0.25) is 15.9 Å². The third-order valence-corrected chi connectivity index (χ3v) is 7.84. The first-order valence-corrected chi connectivity index (χ1v) is 11.9. The number of likely N-dealkylation sites (tertiary alicyclic amines) is 1. The highest BCUT2D eigenvalue weighted by molar-refractivity contribution is 7.89. The van der Waals surface area contributed by atoms with Crippen LogP contribution in [0.2, 0.25) is 0 Å². The van der Waals surface area contributed by atoms with Crippen LogP contribution in [-0.4, -0.2) is 72.5 Å². The molecule has 0 radical (unpaired) electrons. The van der Waals surface area contributed by atoms with Gasteiger partial charge in [-0.3, -0.25) is 4.79 Å². The number of piperidine rings is 1. The summed E-state index contributed by atoms with van der Waals surface area (Å²) in [7, 11) is -3.48. The van der Waals surface area contributed by atoms with Crippen molar-refractivity contribution in [2.45, 2.75) is 36.6 Å². The highest BCUT2D eigenvalue weighted by Crippen LogP contribution is 2.23. The molecule has 0 spiro atoms. The lowest BCUT2D eigenvalue weighted by Crippen LogP contribution is -2.40. The molecule has 0 aliphatic carbocycles. The van der Waals surface area contributed by atoms with Crippen LogP contribution in [0.3, 0.4) is 0 Å². The van der Waals surface area contributed by atoms with Crippen LogP contribution in [-0.2, 0) is 26.0 Å². The van der Waals surface area contributed by atoms with Crippen LogP contribution >= 0.6 is 0 Å². The maximum Gasteiger partial charge on any atom is 0.243 e. The number of aryl methyl sites for hydroxylation is 1. The number of ether oxygens (including phenoxy) is 1. The summed E-state index contributed by atoms with van der Waals surface area (Å²) >= 11 is 0. The molecule has 0 unspecified atom stereocenters. The Kier molecular flexibility index (Phi) is 6.50. The molecule has 162 valence electrons. The number of carbonyl (C=O) groups is 1. The fraction of sp³-hybridized carbons (Fsp3) is 0.524. The molecule has 2 fully saturated rings. The number of aromatic nitrogens is 2. The van der Waals surface area contributed by atoms with Crippen molar-refractivity contribution in [1.82, 2.24) is 18.8 Å². The molecule has 2 aromatic rings. The van der Waals surface area contributed by atoms with E-state index in [2.05, 4.69) is 9.55 Å². The Morgan fingerprint density at radius 2 is 1.77 bits per heavy atom. The van der Waals surface area contributed by atoms with Gasteiger partial charge >= 0.3 is 0 Å². The van der Waals surface area contributed by atoms with Gasteiger partial charge in [-0.2, -0.15) is 4.31 Å². The van der Waals surface area contributed by atoms with Crippen LogP contribution in [0.4, 0.5) is 0 Å². The summed E-state index contributed by atoms with van der Waals surface area (Å²) in [5, 5.41) is 0. The van der Waals surface area contributed by atoms with Crippen molar-refractivity contribution in [3.05, 3.63) is 48.5 Å². The Bertz CT molecular complexity index is 930. The zero-order valence-electron chi connectivity index (χ0n) is 17.0. The van der Waals surface area contributed by atoms with Crippen molar-refractivity contribution < 1.29 is 17.9 Å². The van der Waals surface area contributed by atoms with E-state index in [1.54, 1.807) is 18.3 Å². The van der Waals surface area contributed by atoms with E-state index < -0.39 is 10.0 Å². The van der Waals surface area contributed by atoms with Crippen molar-refractivity contribution >= 4 is 15.9 Å². The predicted octanol–water partition coefficient (Wildman–Crippen LogP) is 1.70. The molecule has 30 heavy (non-hydrogen) atoms. The zero-order chi connectivity index (χ0) is 21.0. The minimum absolute atomic E-state index is 0.157. The number of nitrogens with zero attached hydrogens (tertiary/aromatic N) is 4. The normalized spacial score (nSPS) is 19.1. The Hall–Kier alpha value is -2.23. The van der Waals surface area contributed by atoms with Crippen LogP contribution < -0.4 is 0 Å². The second-order valence-electron chi connectivity index (χ2n) is 7.78. The molecule has 2 saturated heterocycles. The molecule has 0 saturated carbocycles. The van der Waals surface area contributed by atoms with Gasteiger partial charge in [-0.05, 0) is 37.0 Å². The number of sulfonamides is 1. The number of hydrogen-bond acceptors (Lipinski definition) is 5. The quantitative estimate of drug-likeness (QED) is 0.694. The summed E-state index contributed by atoms with van der Waals surface area (Å²) in [5.41, 5.74) is 0.970. The average Bonchev–Trinajstić information content (AvgIpc) is 3.33. The number of benzene rings is 1. The molecular formula is C21H28N4O4S. The van der Waals surface area contributed by atoms with Gasteiger partial charge in [0.1, 0.15) is 0 Å². The molecular weight excluding hydrogens is 404 g/mol. The Morgan fingerprint density at radius 3 is 2.40 bits per heavy atom. The maximum absolute atomic E-state index is 12.7. The van der Waals surface area contributed by atoms with Crippen LogP contribution in [0.5, 0.6) is 0 Å². The van der Waals surface area contributed by atoms with Crippen LogP contribution in [0.25, 0.3) is 0 Å². The average molecular weight is 433 g/mol. The van der Waals surface area contributed by atoms with E-state index in [4.69, 9.17) is 4.74 Å². The van der Waals surface area contributed by atoms with Gasteiger partial charge < -0.3 is 14.2 Å². The summed E-state index contributed by atoms with van der Waals surface area (Å²) in [4.78, 5) is 18.9. The fourth-order valence-corrected chi connectivity index (χ4v) is 5.48. The minimum atomic E-state index is -3.48. The smallest absolute Gasteiger partial charge is 0.243 e. The van der Waals surface area contributed by atoms with Gasteiger partial charge in [0, 0.05) is 51.0 Å². The fourth-order valence-electron chi connectivity index (χ4n) is 4.07. The van der Waals surface area contributed by atoms with Crippen molar-refractivity contribution in [2.24, 2.45) is 0 Å². The Morgan fingerprint density at radius 1 is 1.07 bits per heavy atom. The highest BCUT2D eigenvalue weighted by atomic mass is 32.2. The molecule has 0 N–H and O–H groups in total. The second kappa shape index (κ2) is 9.28. The summed E-state index contributed by atoms with van der Waals surface area (Å²) in [6.07, 6.45) is 8.53. The van der Waals surface area contributed by atoms with Crippen molar-refractivity contribution in [3.63, 3.8) is 0 Å². The third-order valence-electron chi connectivity index (χ3n) is 5.92. The SMILES string of the molecule is O=C(CCc1ccc(S(=O)(=O)N2CCOCC2)cc1)N1CCC(n2ccnc2)CC1. The van der Waals surface area contributed by atoms with Gasteiger partial charge in [0.25, 0.3) is 0 Å². The summed E-state index contributed by atoms with van der Waals surface area (Å²) in [6.45, 7) is 3.15. The van der Waals surface area contributed by atoms with Gasteiger partial charge in [0.05, 0.1) is 24.4 Å². The van der Waals surface area contributed by atoms with Gasteiger partial charge in [-0.1, -0.05) is 12.1 Å². The number of carbonyl (C=O) groups excluding carboxylic acids is 1. The molecule has 1 amide bonds. The van der Waals surface area contributed by atoms with Crippen LogP contribution in [0.1, 0.15) is 30.9 Å².